The van der Waals surface area contributed by atoms with Gasteiger partial charge in [-0.2, -0.15) is 0 Å². The van der Waals surface area contributed by atoms with Crippen molar-refractivity contribution in [3.05, 3.63) is 88.4 Å². The molecule has 0 aliphatic heterocycles. The molecule has 0 heterocycles. The van der Waals surface area contributed by atoms with Gasteiger partial charge >= 0.3 is 0 Å². The number of methoxy groups -OCH3 is 1. The molecule has 30 heavy (non-hydrogen) atoms. The standard InChI is InChI=1S/C25H27ClN2O2/c1-17(2)14-18-8-10-19(11-9-18)25(29)28-24-15-21(30-3)12-13-23(24)27-16-20-6-4-5-7-22(20)26/h4-13,15,17,27H,14,16H2,1-3H3,(H,28,29). The molecule has 0 aliphatic carbocycles. The predicted octanol–water partition coefficient (Wildman–Crippen LogP) is 6.41. The maximum absolute atomic E-state index is 12.8. The molecule has 3 aromatic rings. The van der Waals surface area contributed by atoms with Gasteiger partial charge < -0.3 is 15.4 Å². The highest BCUT2D eigenvalue weighted by Crippen LogP contribution is 2.29. The lowest BCUT2D eigenvalue weighted by molar-refractivity contribution is 0.102. The third-order valence-electron chi connectivity index (χ3n) is 4.76. The number of hydrogen-bond donors (Lipinski definition) is 2. The first-order chi connectivity index (χ1) is 14.5. The van der Waals surface area contributed by atoms with E-state index in [4.69, 9.17) is 16.3 Å². The van der Waals surface area contributed by atoms with E-state index < -0.39 is 0 Å². The van der Waals surface area contributed by atoms with Crippen molar-refractivity contribution in [2.75, 3.05) is 17.7 Å². The molecule has 0 atom stereocenters. The Hall–Kier alpha value is -2.98. The van der Waals surface area contributed by atoms with E-state index in [1.54, 1.807) is 13.2 Å². The van der Waals surface area contributed by atoms with Crippen LogP contribution in [0, 0.1) is 5.92 Å². The normalized spacial score (nSPS) is 10.7. The lowest BCUT2D eigenvalue weighted by Gasteiger charge is -2.15. The van der Waals surface area contributed by atoms with Crippen LogP contribution >= 0.6 is 11.6 Å². The van der Waals surface area contributed by atoms with E-state index in [-0.39, 0.29) is 5.91 Å². The quantitative estimate of drug-likeness (QED) is 0.440. The summed E-state index contributed by atoms with van der Waals surface area (Å²) in [7, 11) is 1.60. The van der Waals surface area contributed by atoms with Crippen molar-refractivity contribution in [3.63, 3.8) is 0 Å². The van der Waals surface area contributed by atoms with Crippen LogP contribution in [0.25, 0.3) is 0 Å². The third-order valence-corrected chi connectivity index (χ3v) is 5.13. The molecule has 4 nitrogen and oxygen atoms in total. The summed E-state index contributed by atoms with van der Waals surface area (Å²) in [4.78, 5) is 12.8. The van der Waals surface area contributed by atoms with Gasteiger partial charge in [0.15, 0.2) is 0 Å². The minimum atomic E-state index is -0.167. The van der Waals surface area contributed by atoms with Gasteiger partial charge in [-0.3, -0.25) is 4.79 Å². The fourth-order valence-electron chi connectivity index (χ4n) is 3.20. The van der Waals surface area contributed by atoms with Gasteiger partial charge in [0.1, 0.15) is 5.75 Å². The molecule has 0 saturated carbocycles. The maximum atomic E-state index is 12.8. The summed E-state index contributed by atoms with van der Waals surface area (Å²) in [6.45, 7) is 4.90. The number of nitrogens with one attached hydrogen (secondary N) is 2. The molecule has 0 saturated heterocycles. The van der Waals surface area contributed by atoms with Crippen molar-refractivity contribution in [3.8, 4) is 5.75 Å². The van der Waals surface area contributed by atoms with Gasteiger partial charge in [-0.15, -0.1) is 0 Å². The highest BCUT2D eigenvalue weighted by molar-refractivity contribution is 6.31. The van der Waals surface area contributed by atoms with Crippen LogP contribution in [0.4, 0.5) is 11.4 Å². The average molecular weight is 423 g/mol. The second-order valence-corrected chi connectivity index (χ2v) is 8.01. The summed E-state index contributed by atoms with van der Waals surface area (Å²) in [5.41, 5.74) is 4.26. The summed E-state index contributed by atoms with van der Waals surface area (Å²) < 4.78 is 5.33. The molecule has 3 aromatic carbocycles. The Morgan fingerprint density at radius 2 is 1.73 bits per heavy atom. The topological polar surface area (TPSA) is 50.4 Å². The fraction of sp³-hybridized carbons (Fsp3) is 0.240. The van der Waals surface area contributed by atoms with Crippen molar-refractivity contribution in [2.24, 2.45) is 5.92 Å². The Bertz CT molecular complexity index is 1000. The van der Waals surface area contributed by atoms with Crippen LogP contribution in [-0.2, 0) is 13.0 Å². The Morgan fingerprint density at radius 1 is 1.00 bits per heavy atom. The van der Waals surface area contributed by atoms with E-state index in [0.29, 0.717) is 34.5 Å². The van der Waals surface area contributed by atoms with Gasteiger partial charge in [-0.05, 0) is 53.8 Å². The number of benzene rings is 3. The first-order valence-corrected chi connectivity index (χ1v) is 10.4. The van der Waals surface area contributed by atoms with Gasteiger partial charge in [0.2, 0.25) is 0 Å². The van der Waals surface area contributed by atoms with Gasteiger partial charge in [0, 0.05) is 23.2 Å². The van der Waals surface area contributed by atoms with Crippen molar-refractivity contribution in [1.82, 2.24) is 0 Å². The van der Waals surface area contributed by atoms with Crippen LogP contribution in [-0.4, -0.2) is 13.0 Å². The molecule has 0 radical (unpaired) electrons. The summed E-state index contributed by atoms with van der Waals surface area (Å²) >= 11 is 6.26. The molecular weight excluding hydrogens is 396 g/mol. The minimum Gasteiger partial charge on any atom is -0.497 e. The van der Waals surface area contributed by atoms with Gasteiger partial charge in [0.05, 0.1) is 18.5 Å². The first-order valence-electron chi connectivity index (χ1n) is 10.0. The lowest BCUT2D eigenvalue weighted by Crippen LogP contribution is -2.14. The molecule has 0 fully saturated rings. The van der Waals surface area contributed by atoms with Gasteiger partial charge in [-0.1, -0.05) is 55.8 Å². The smallest absolute Gasteiger partial charge is 0.255 e. The largest absolute Gasteiger partial charge is 0.497 e. The van der Waals surface area contributed by atoms with E-state index in [9.17, 15) is 4.79 Å². The van der Waals surface area contributed by atoms with Crippen LogP contribution in [0.2, 0.25) is 5.02 Å². The zero-order chi connectivity index (χ0) is 21.5. The minimum absolute atomic E-state index is 0.167. The summed E-state index contributed by atoms with van der Waals surface area (Å²) in [5.74, 6) is 1.08. The molecule has 0 bridgehead atoms. The third kappa shape index (κ3) is 5.77. The number of rotatable bonds is 8. The SMILES string of the molecule is COc1ccc(NCc2ccccc2Cl)c(NC(=O)c2ccc(CC(C)C)cc2)c1. The maximum Gasteiger partial charge on any atom is 0.255 e. The summed E-state index contributed by atoms with van der Waals surface area (Å²) in [6.07, 6.45) is 0.994. The van der Waals surface area contributed by atoms with E-state index in [1.807, 2.05) is 60.7 Å². The molecular formula is C25H27ClN2O2. The molecule has 0 aromatic heterocycles. The van der Waals surface area contributed by atoms with Crippen LogP contribution in [0.5, 0.6) is 5.75 Å². The highest BCUT2D eigenvalue weighted by atomic mass is 35.5. The molecule has 2 N–H and O–H groups in total. The molecule has 3 rings (SSSR count). The predicted molar refractivity (Wildman–Crippen MR) is 125 cm³/mol. The van der Waals surface area contributed by atoms with Crippen molar-refractivity contribution < 1.29 is 9.53 Å². The lowest BCUT2D eigenvalue weighted by atomic mass is 10.0. The van der Waals surface area contributed by atoms with E-state index in [2.05, 4.69) is 24.5 Å². The second kappa shape index (κ2) is 10.2. The summed E-state index contributed by atoms with van der Waals surface area (Å²) in [5, 5.41) is 7.05. The van der Waals surface area contributed by atoms with Crippen molar-refractivity contribution in [2.45, 2.75) is 26.8 Å². The Morgan fingerprint density at radius 3 is 2.40 bits per heavy atom. The van der Waals surface area contributed by atoms with Crippen LogP contribution in [0.1, 0.15) is 35.3 Å². The number of carbonyl (C=O) groups excluding carboxylic acids is 1. The van der Waals surface area contributed by atoms with E-state index >= 15 is 0 Å². The van der Waals surface area contributed by atoms with Gasteiger partial charge in [0.25, 0.3) is 5.91 Å². The van der Waals surface area contributed by atoms with Crippen LogP contribution < -0.4 is 15.4 Å². The van der Waals surface area contributed by atoms with Gasteiger partial charge in [-0.25, -0.2) is 0 Å². The second-order valence-electron chi connectivity index (χ2n) is 7.61. The molecule has 156 valence electrons. The number of ether oxygens (including phenoxy) is 1. The molecule has 5 heteroatoms. The Labute approximate surface area is 183 Å². The number of hydrogen-bond acceptors (Lipinski definition) is 3. The van der Waals surface area contributed by atoms with Crippen LogP contribution in [0.15, 0.2) is 66.7 Å². The number of anilines is 2. The van der Waals surface area contributed by atoms with Crippen LogP contribution in [0.3, 0.4) is 0 Å². The number of amides is 1. The summed E-state index contributed by atoms with van der Waals surface area (Å²) in [6, 6.07) is 21.0. The molecule has 0 aliphatic rings. The van der Waals surface area contributed by atoms with E-state index in [0.717, 1.165) is 17.7 Å². The zero-order valence-corrected chi connectivity index (χ0v) is 18.3. The number of carbonyl (C=O) groups is 1. The van der Waals surface area contributed by atoms with E-state index in [1.165, 1.54) is 5.56 Å². The Kier molecular flexibility index (Phi) is 7.36. The fourth-order valence-corrected chi connectivity index (χ4v) is 3.40. The molecule has 0 spiro atoms. The average Bonchev–Trinajstić information content (AvgIpc) is 2.74. The Balaban J connectivity index is 1.76. The van der Waals surface area contributed by atoms with Crippen molar-refractivity contribution >= 4 is 28.9 Å². The monoisotopic (exact) mass is 422 g/mol. The highest BCUT2D eigenvalue weighted by Gasteiger charge is 2.11. The zero-order valence-electron chi connectivity index (χ0n) is 17.5. The number of halogens is 1. The molecule has 0 unspecified atom stereocenters. The molecule has 1 amide bonds. The first kappa shape index (κ1) is 21.7. The van der Waals surface area contributed by atoms with Crippen molar-refractivity contribution in [1.29, 1.82) is 0 Å².